The van der Waals surface area contributed by atoms with E-state index in [0.29, 0.717) is 28.0 Å². The fourth-order valence-electron chi connectivity index (χ4n) is 2.50. The first-order chi connectivity index (χ1) is 11.6. The quantitative estimate of drug-likeness (QED) is 0.898. The normalized spacial score (nSPS) is 16.9. The van der Waals surface area contributed by atoms with E-state index in [1.54, 1.807) is 36.7 Å². The van der Waals surface area contributed by atoms with Crippen molar-refractivity contribution in [2.75, 3.05) is 11.6 Å². The number of carbonyl (C=O) groups excluding carboxylic acids is 1. The van der Waals surface area contributed by atoms with Gasteiger partial charge in [0.15, 0.2) is 0 Å². The molecule has 24 heavy (non-hydrogen) atoms. The largest absolute Gasteiger partial charge is 0.308 e. The van der Waals surface area contributed by atoms with E-state index in [1.807, 2.05) is 11.1 Å². The maximum absolute atomic E-state index is 12.3. The Balaban J connectivity index is 1.80. The van der Waals surface area contributed by atoms with Gasteiger partial charge in [-0.2, -0.15) is 5.10 Å². The van der Waals surface area contributed by atoms with Crippen LogP contribution in [0.5, 0.6) is 0 Å². The molecule has 1 amide bonds. The molecule has 1 aliphatic heterocycles. The number of hydrogen-bond acceptors (Lipinski definition) is 4. The van der Waals surface area contributed by atoms with Crippen LogP contribution in [-0.4, -0.2) is 23.3 Å². The van der Waals surface area contributed by atoms with E-state index in [2.05, 4.69) is 22.3 Å². The summed E-state index contributed by atoms with van der Waals surface area (Å²) in [6.45, 7) is 2.75. The molecule has 0 saturated heterocycles. The lowest BCUT2D eigenvalue weighted by Gasteiger charge is -2.15. The highest BCUT2D eigenvalue weighted by molar-refractivity contribution is 6.42. The van der Waals surface area contributed by atoms with E-state index in [0.717, 1.165) is 12.1 Å². The molecule has 7 heteroatoms. The fourth-order valence-corrected chi connectivity index (χ4v) is 2.79. The van der Waals surface area contributed by atoms with Crippen LogP contribution >= 0.6 is 23.2 Å². The number of amides is 1. The zero-order valence-corrected chi connectivity index (χ0v) is 14.6. The van der Waals surface area contributed by atoms with Crippen LogP contribution in [0.3, 0.4) is 0 Å². The van der Waals surface area contributed by atoms with Crippen LogP contribution < -0.4 is 10.3 Å². The Kier molecular flexibility index (Phi) is 5.02. The molecule has 1 N–H and O–H groups in total. The van der Waals surface area contributed by atoms with Crippen LogP contribution in [-0.2, 0) is 0 Å². The SMILES string of the molecule is CCC1CN(c2ccc(Cl)c(Cl)c2)N=C1NC(=O)c1ccncc1. The zero-order chi connectivity index (χ0) is 17.1. The monoisotopic (exact) mass is 362 g/mol. The Hall–Kier alpha value is -2.11. The molecule has 2 heterocycles. The Morgan fingerprint density at radius 1 is 1.25 bits per heavy atom. The second-order valence-electron chi connectivity index (χ2n) is 5.46. The van der Waals surface area contributed by atoms with Crippen LogP contribution in [0.1, 0.15) is 23.7 Å². The Labute approximate surface area is 150 Å². The highest BCUT2D eigenvalue weighted by Gasteiger charge is 2.28. The van der Waals surface area contributed by atoms with Gasteiger partial charge < -0.3 is 5.32 Å². The Bertz CT molecular complexity index is 779. The number of nitrogens with one attached hydrogen (secondary N) is 1. The second-order valence-corrected chi connectivity index (χ2v) is 6.28. The predicted octanol–water partition coefficient (Wildman–Crippen LogP) is 3.98. The molecule has 0 bridgehead atoms. The molecule has 0 radical (unpaired) electrons. The summed E-state index contributed by atoms with van der Waals surface area (Å²) in [6, 6.07) is 8.71. The number of pyridine rings is 1. The number of aromatic nitrogens is 1. The van der Waals surface area contributed by atoms with Gasteiger partial charge in [0.25, 0.3) is 5.91 Å². The molecule has 1 aromatic carbocycles. The summed E-state index contributed by atoms with van der Waals surface area (Å²) in [5.74, 6) is 0.612. The number of amidine groups is 1. The number of rotatable bonds is 3. The van der Waals surface area contributed by atoms with Crippen molar-refractivity contribution in [1.82, 2.24) is 10.3 Å². The molecule has 5 nitrogen and oxygen atoms in total. The van der Waals surface area contributed by atoms with E-state index >= 15 is 0 Å². The van der Waals surface area contributed by atoms with Crippen molar-refractivity contribution in [2.45, 2.75) is 13.3 Å². The highest BCUT2D eigenvalue weighted by Crippen LogP contribution is 2.30. The fraction of sp³-hybridized carbons (Fsp3) is 0.235. The minimum Gasteiger partial charge on any atom is -0.308 e. The first kappa shape index (κ1) is 16.7. The molecule has 1 aromatic heterocycles. The van der Waals surface area contributed by atoms with Crippen LogP contribution in [0.2, 0.25) is 10.0 Å². The standard InChI is InChI=1S/C17H16Cl2N4O/c1-2-11-10-23(13-3-4-14(18)15(19)9-13)22-16(11)21-17(24)12-5-7-20-8-6-12/h3-9,11H,2,10H2,1H3,(H,21,22,24). The molecule has 1 aliphatic rings. The van der Waals surface area contributed by atoms with Crippen LogP contribution in [0, 0.1) is 5.92 Å². The van der Waals surface area contributed by atoms with Crippen molar-refractivity contribution in [2.24, 2.45) is 11.0 Å². The molecule has 1 atom stereocenters. The van der Waals surface area contributed by atoms with Crippen LogP contribution in [0.4, 0.5) is 5.69 Å². The number of carbonyl (C=O) groups is 1. The second kappa shape index (κ2) is 7.20. The Morgan fingerprint density at radius 2 is 2.00 bits per heavy atom. The Morgan fingerprint density at radius 3 is 2.67 bits per heavy atom. The third-order valence-corrected chi connectivity index (χ3v) is 4.63. The van der Waals surface area contributed by atoms with Crippen molar-refractivity contribution >= 4 is 40.6 Å². The number of halogens is 2. The predicted molar refractivity (Wildman–Crippen MR) is 96.7 cm³/mol. The van der Waals surface area contributed by atoms with Gasteiger partial charge in [0, 0.05) is 23.9 Å². The van der Waals surface area contributed by atoms with Crippen molar-refractivity contribution < 1.29 is 4.79 Å². The van der Waals surface area contributed by atoms with Crippen LogP contribution in [0.25, 0.3) is 0 Å². The number of benzene rings is 1. The third-order valence-electron chi connectivity index (χ3n) is 3.89. The molecular formula is C17H16Cl2N4O. The van der Waals surface area contributed by atoms with Crippen LogP contribution in [0.15, 0.2) is 47.8 Å². The lowest BCUT2D eigenvalue weighted by Crippen LogP contribution is -2.34. The van der Waals surface area contributed by atoms with Gasteiger partial charge in [0.1, 0.15) is 5.84 Å². The van der Waals surface area contributed by atoms with Gasteiger partial charge in [-0.3, -0.25) is 14.8 Å². The van der Waals surface area contributed by atoms with E-state index < -0.39 is 0 Å². The summed E-state index contributed by atoms with van der Waals surface area (Å²) < 4.78 is 0. The minimum absolute atomic E-state index is 0.144. The number of hydrogen-bond donors (Lipinski definition) is 1. The maximum Gasteiger partial charge on any atom is 0.256 e. The summed E-state index contributed by atoms with van der Waals surface area (Å²) >= 11 is 12.0. The maximum atomic E-state index is 12.3. The summed E-state index contributed by atoms with van der Waals surface area (Å²) in [6.07, 6.45) is 4.04. The average molecular weight is 363 g/mol. The van der Waals surface area contributed by atoms with Gasteiger partial charge >= 0.3 is 0 Å². The molecule has 0 spiro atoms. The lowest BCUT2D eigenvalue weighted by atomic mass is 10.1. The van der Waals surface area contributed by atoms with Gasteiger partial charge in [0.2, 0.25) is 0 Å². The third kappa shape index (κ3) is 3.52. The molecule has 0 aliphatic carbocycles. The molecular weight excluding hydrogens is 347 g/mol. The topological polar surface area (TPSA) is 57.6 Å². The van der Waals surface area contributed by atoms with Crippen molar-refractivity contribution in [3.05, 3.63) is 58.3 Å². The molecule has 2 aromatic rings. The average Bonchev–Trinajstić information content (AvgIpc) is 3.01. The van der Waals surface area contributed by atoms with Gasteiger partial charge in [-0.05, 0) is 36.8 Å². The molecule has 3 rings (SSSR count). The molecule has 1 unspecified atom stereocenters. The summed E-state index contributed by atoms with van der Waals surface area (Å²) in [4.78, 5) is 16.2. The van der Waals surface area contributed by atoms with Crippen molar-refractivity contribution in [3.63, 3.8) is 0 Å². The smallest absolute Gasteiger partial charge is 0.256 e. The van der Waals surface area contributed by atoms with E-state index in [1.165, 1.54) is 0 Å². The number of anilines is 1. The highest BCUT2D eigenvalue weighted by atomic mass is 35.5. The van der Waals surface area contributed by atoms with Crippen molar-refractivity contribution in [3.8, 4) is 0 Å². The first-order valence-corrected chi connectivity index (χ1v) is 8.36. The van der Waals surface area contributed by atoms with Gasteiger partial charge in [-0.1, -0.05) is 30.1 Å². The zero-order valence-electron chi connectivity index (χ0n) is 13.0. The number of hydrazone groups is 1. The molecule has 0 saturated carbocycles. The van der Waals surface area contributed by atoms with E-state index in [4.69, 9.17) is 23.2 Å². The van der Waals surface area contributed by atoms with E-state index in [9.17, 15) is 4.79 Å². The van der Waals surface area contributed by atoms with Gasteiger partial charge in [-0.25, -0.2) is 0 Å². The lowest BCUT2D eigenvalue weighted by molar-refractivity contribution is 0.0975. The minimum atomic E-state index is -0.189. The van der Waals surface area contributed by atoms with Gasteiger partial charge in [0.05, 0.1) is 22.3 Å². The van der Waals surface area contributed by atoms with Crippen molar-refractivity contribution in [1.29, 1.82) is 0 Å². The van der Waals surface area contributed by atoms with E-state index in [-0.39, 0.29) is 11.8 Å². The molecule has 124 valence electrons. The van der Waals surface area contributed by atoms with Gasteiger partial charge in [-0.15, -0.1) is 0 Å². The first-order valence-electron chi connectivity index (χ1n) is 7.61. The summed E-state index contributed by atoms with van der Waals surface area (Å²) in [7, 11) is 0. The molecule has 0 fully saturated rings. The summed E-state index contributed by atoms with van der Waals surface area (Å²) in [5, 5.41) is 10.3. The number of nitrogens with zero attached hydrogens (tertiary/aromatic N) is 3. The summed E-state index contributed by atoms with van der Waals surface area (Å²) in [5.41, 5.74) is 1.39.